The molecule has 0 aliphatic rings. The first-order valence-corrected chi connectivity index (χ1v) is 6.33. The molecule has 0 radical (unpaired) electrons. The Hall–Kier alpha value is -0.500. The van der Waals surface area contributed by atoms with Crippen molar-refractivity contribution in [3.8, 4) is 0 Å². The monoisotopic (exact) mass is 375 g/mol. The number of ether oxygens (including phenoxy) is 1. The van der Waals surface area contributed by atoms with E-state index in [2.05, 4.69) is 4.98 Å². The first-order chi connectivity index (χ1) is 8.01. The lowest BCUT2D eigenvalue weighted by Crippen LogP contribution is -2.11. The van der Waals surface area contributed by atoms with Crippen LogP contribution in [0.15, 0.2) is 6.07 Å². The van der Waals surface area contributed by atoms with Gasteiger partial charge in [-0.2, -0.15) is 0 Å². The molecule has 0 amide bonds. The van der Waals surface area contributed by atoms with Crippen LogP contribution in [-0.4, -0.2) is 17.6 Å². The van der Waals surface area contributed by atoms with E-state index in [0.717, 1.165) is 6.07 Å². The summed E-state index contributed by atoms with van der Waals surface area (Å²) in [5.74, 6) is -0.761. The van der Waals surface area contributed by atoms with Crippen molar-refractivity contribution >= 4 is 40.2 Å². The van der Waals surface area contributed by atoms with Crippen molar-refractivity contribution in [2.45, 2.75) is 19.2 Å². The molecule has 0 aliphatic carbocycles. The van der Waals surface area contributed by atoms with Gasteiger partial charge in [-0.1, -0.05) is 0 Å². The molecule has 0 unspecified atom stereocenters. The molecule has 1 aromatic heterocycles. The molecule has 94 valence electrons. The average molecular weight is 376 g/mol. The molecule has 1 rings (SSSR count). The fourth-order valence-corrected chi connectivity index (χ4v) is 2.28. The van der Waals surface area contributed by atoms with Crippen molar-refractivity contribution in [3.05, 3.63) is 26.6 Å². The average Bonchev–Trinajstić information content (AvgIpc) is 2.29. The van der Waals surface area contributed by atoms with E-state index < -0.39 is 12.4 Å². The molecule has 0 saturated carbocycles. The smallest absolute Gasteiger partial charge is 0.356 e. The summed E-state index contributed by atoms with van der Waals surface area (Å²) in [5, 5.41) is 0. The summed E-state index contributed by atoms with van der Waals surface area (Å²) >= 11 is 7.34. The van der Waals surface area contributed by atoms with Crippen LogP contribution >= 0.6 is 34.2 Å². The van der Waals surface area contributed by atoms with Crippen LogP contribution in [0.1, 0.15) is 35.1 Å². The van der Waals surface area contributed by atoms with Crippen LogP contribution in [0.2, 0.25) is 0 Å². The van der Waals surface area contributed by atoms with E-state index in [1.165, 1.54) is 0 Å². The Balaban J connectivity index is 3.25. The summed E-state index contributed by atoms with van der Waals surface area (Å²) in [6.45, 7) is 1.79. The minimum atomic E-state index is -2.68. The third-order valence-corrected chi connectivity index (χ3v) is 3.40. The molecule has 0 saturated heterocycles. The highest BCUT2D eigenvalue weighted by molar-refractivity contribution is 14.1. The van der Waals surface area contributed by atoms with Crippen molar-refractivity contribution in [3.63, 3.8) is 0 Å². The van der Waals surface area contributed by atoms with Gasteiger partial charge in [0.1, 0.15) is 5.69 Å². The van der Waals surface area contributed by atoms with Crippen molar-refractivity contribution in [1.29, 1.82) is 0 Å². The topological polar surface area (TPSA) is 39.2 Å². The van der Waals surface area contributed by atoms with Crippen LogP contribution < -0.4 is 0 Å². The summed E-state index contributed by atoms with van der Waals surface area (Å²) in [5.41, 5.74) is -0.134. The minimum absolute atomic E-state index is 0.0365. The molecule has 0 bridgehead atoms. The van der Waals surface area contributed by atoms with E-state index >= 15 is 0 Å². The predicted octanol–water partition coefficient (Wildman–Crippen LogP) is 3.54. The summed E-state index contributed by atoms with van der Waals surface area (Å²) in [4.78, 5) is 15.3. The van der Waals surface area contributed by atoms with Gasteiger partial charge < -0.3 is 4.74 Å². The number of hydrogen-bond donors (Lipinski definition) is 0. The lowest BCUT2D eigenvalue weighted by molar-refractivity contribution is 0.0518. The molecule has 0 aliphatic heterocycles. The molecule has 3 nitrogen and oxygen atoms in total. The van der Waals surface area contributed by atoms with E-state index in [9.17, 15) is 13.6 Å². The van der Waals surface area contributed by atoms with Crippen LogP contribution in [0.5, 0.6) is 0 Å². The zero-order valence-corrected chi connectivity index (χ0v) is 11.8. The van der Waals surface area contributed by atoms with Crippen LogP contribution in [0.4, 0.5) is 8.78 Å². The Kier molecular flexibility index (Phi) is 5.51. The Bertz CT molecular complexity index is 429. The first-order valence-electron chi connectivity index (χ1n) is 4.71. The number of alkyl halides is 3. The Labute approximate surface area is 116 Å². The lowest BCUT2D eigenvalue weighted by atomic mass is 10.2. The van der Waals surface area contributed by atoms with Gasteiger partial charge in [0, 0.05) is 9.13 Å². The van der Waals surface area contributed by atoms with Gasteiger partial charge in [-0.15, -0.1) is 11.6 Å². The van der Waals surface area contributed by atoms with Gasteiger partial charge in [0.25, 0.3) is 6.43 Å². The molecule has 1 heterocycles. The number of halogens is 4. The number of aromatic nitrogens is 1. The first kappa shape index (κ1) is 14.6. The molecule has 0 N–H and O–H groups in total. The number of hydrogen-bond acceptors (Lipinski definition) is 3. The second-order valence-electron chi connectivity index (χ2n) is 3.01. The number of carbonyl (C=O) groups is 1. The van der Waals surface area contributed by atoms with Crippen LogP contribution in [-0.2, 0) is 10.6 Å². The van der Waals surface area contributed by atoms with Gasteiger partial charge in [0.15, 0.2) is 0 Å². The quantitative estimate of drug-likeness (QED) is 0.459. The van der Waals surface area contributed by atoms with Gasteiger partial charge in [0.05, 0.1) is 18.2 Å². The van der Waals surface area contributed by atoms with Gasteiger partial charge in [-0.25, -0.2) is 18.6 Å². The zero-order chi connectivity index (χ0) is 13.0. The molecule has 0 spiro atoms. The van der Waals surface area contributed by atoms with E-state index in [0.29, 0.717) is 0 Å². The molecule has 0 fully saturated rings. The third kappa shape index (κ3) is 3.48. The molecule has 0 aromatic carbocycles. The van der Waals surface area contributed by atoms with E-state index in [1.807, 2.05) is 0 Å². The van der Waals surface area contributed by atoms with E-state index in [4.69, 9.17) is 16.3 Å². The maximum Gasteiger partial charge on any atom is 0.356 e. The van der Waals surface area contributed by atoms with Gasteiger partial charge in [-0.3, -0.25) is 0 Å². The van der Waals surface area contributed by atoms with Crippen molar-refractivity contribution in [2.75, 3.05) is 6.61 Å². The molecular formula is C10H9ClF2INO2. The highest BCUT2D eigenvalue weighted by atomic mass is 127. The maximum absolute atomic E-state index is 12.7. The van der Waals surface area contributed by atoms with Crippen LogP contribution in [0.25, 0.3) is 0 Å². The van der Waals surface area contributed by atoms with Crippen molar-refractivity contribution in [2.24, 2.45) is 0 Å². The summed E-state index contributed by atoms with van der Waals surface area (Å²) in [6, 6.07) is 1.04. The summed E-state index contributed by atoms with van der Waals surface area (Å²) in [7, 11) is 0. The number of pyridine rings is 1. The fraction of sp³-hybridized carbons (Fsp3) is 0.400. The van der Waals surface area contributed by atoms with Crippen molar-refractivity contribution in [1.82, 2.24) is 4.98 Å². The number of carbonyl (C=O) groups excluding carboxylic acids is 1. The largest absolute Gasteiger partial charge is 0.461 e. The van der Waals surface area contributed by atoms with Gasteiger partial charge >= 0.3 is 5.97 Å². The second kappa shape index (κ2) is 6.44. The van der Waals surface area contributed by atoms with E-state index in [-0.39, 0.29) is 33.0 Å². The molecule has 1 aromatic rings. The molecule has 0 atom stereocenters. The highest BCUT2D eigenvalue weighted by Crippen LogP contribution is 2.28. The van der Waals surface area contributed by atoms with Gasteiger partial charge in [0.2, 0.25) is 0 Å². The second-order valence-corrected chi connectivity index (χ2v) is 4.36. The number of rotatable bonds is 4. The fourth-order valence-electron chi connectivity index (χ4n) is 1.16. The predicted molar refractivity (Wildman–Crippen MR) is 67.4 cm³/mol. The Morgan fingerprint density at radius 3 is 2.76 bits per heavy atom. The SMILES string of the molecule is CCOC(=O)c1cc(C(F)F)c(I)c(CCl)n1. The Morgan fingerprint density at radius 1 is 1.65 bits per heavy atom. The number of esters is 1. The lowest BCUT2D eigenvalue weighted by Gasteiger charge is -2.09. The highest BCUT2D eigenvalue weighted by Gasteiger charge is 2.20. The van der Waals surface area contributed by atoms with Crippen molar-refractivity contribution < 1.29 is 18.3 Å². The van der Waals surface area contributed by atoms with Crippen LogP contribution in [0.3, 0.4) is 0 Å². The number of nitrogens with zero attached hydrogens (tertiary/aromatic N) is 1. The maximum atomic E-state index is 12.7. The molecule has 7 heteroatoms. The molecule has 17 heavy (non-hydrogen) atoms. The summed E-state index contributed by atoms with van der Waals surface area (Å²) < 4.78 is 30.5. The summed E-state index contributed by atoms with van der Waals surface area (Å²) in [6.07, 6.45) is -2.68. The van der Waals surface area contributed by atoms with Gasteiger partial charge in [-0.05, 0) is 35.6 Å². The van der Waals surface area contributed by atoms with E-state index in [1.54, 1.807) is 29.5 Å². The third-order valence-electron chi connectivity index (χ3n) is 1.90. The Morgan fingerprint density at radius 2 is 2.29 bits per heavy atom. The van der Waals surface area contributed by atoms with Crippen LogP contribution in [0, 0.1) is 3.57 Å². The normalized spacial score (nSPS) is 10.7. The minimum Gasteiger partial charge on any atom is -0.461 e. The molecular weight excluding hydrogens is 366 g/mol. The standard InChI is InChI=1S/C10H9ClF2INO2/c1-2-17-10(16)6-3-5(9(12)13)8(14)7(4-11)15-6/h3,9H,2,4H2,1H3. The zero-order valence-electron chi connectivity index (χ0n) is 8.84.